The van der Waals surface area contributed by atoms with Crippen LogP contribution in [0.2, 0.25) is 0 Å². The molecule has 1 N–H and O–H groups in total. The summed E-state index contributed by atoms with van der Waals surface area (Å²) in [5, 5.41) is 21.1. The zero-order chi connectivity index (χ0) is 26.3. The Morgan fingerprint density at radius 1 is 1.31 bits per heavy atom. The summed E-state index contributed by atoms with van der Waals surface area (Å²) in [6.07, 6.45) is 1.18. The maximum atomic E-state index is 14.7. The summed E-state index contributed by atoms with van der Waals surface area (Å²) in [4.78, 5) is 14.2. The van der Waals surface area contributed by atoms with Gasteiger partial charge in [-0.2, -0.15) is 5.26 Å². The lowest BCUT2D eigenvalue weighted by Gasteiger charge is -2.28. The molecule has 0 bridgehead atoms. The van der Waals surface area contributed by atoms with E-state index in [-0.39, 0.29) is 24.6 Å². The molecule has 2 aromatic rings. The molecule has 0 radical (unpaired) electrons. The third kappa shape index (κ3) is 7.45. The summed E-state index contributed by atoms with van der Waals surface area (Å²) in [5.41, 5.74) is -0.211. The lowest BCUT2D eigenvalue weighted by Crippen LogP contribution is -2.41. The summed E-state index contributed by atoms with van der Waals surface area (Å²) >= 11 is 0. The minimum atomic E-state index is -0.612. The number of halogens is 1. The zero-order valence-corrected chi connectivity index (χ0v) is 21.4. The Morgan fingerprint density at radius 2 is 2.08 bits per heavy atom. The second-order valence-corrected chi connectivity index (χ2v) is 9.99. The van der Waals surface area contributed by atoms with Gasteiger partial charge >= 0.3 is 6.09 Å². The molecule has 3 rings (SSSR count). The summed E-state index contributed by atoms with van der Waals surface area (Å²) in [5.74, 6) is -0.261. The van der Waals surface area contributed by atoms with Crippen LogP contribution in [0.25, 0.3) is 10.8 Å². The van der Waals surface area contributed by atoms with E-state index in [1.807, 2.05) is 20.8 Å². The molecule has 1 amide bonds. The van der Waals surface area contributed by atoms with Gasteiger partial charge in [0.15, 0.2) is 6.79 Å². The summed E-state index contributed by atoms with van der Waals surface area (Å²) in [6, 6.07) is 8.44. The van der Waals surface area contributed by atoms with Crippen molar-refractivity contribution in [2.45, 2.75) is 58.2 Å². The van der Waals surface area contributed by atoms with Crippen molar-refractivity contribution in [3.05, 3.63) is 35.6 Å². The number of phenols is 1. The van der Waals surface area contributed by atoms with Crippen molar-refractivity contribution in [1.29, 1.82) is 5.26 Å². The average Bonchev–Trinajstić information content (AvgIpc) is 3.03. The minimum Gasteiger partial charge on any atom is -0.507 e. The fourth-order valence-corrected chi connectivity index (χ4v) is 4.31. The molecular formula is C27H35FN2O6. The Kier molecular flexibility index (Phi) is 9.35. The van der Waals surface area contributed by atoms with Crippen LogP contribution in [0.15, 0.2) is 24.3 Å². The number of nitrogens with zero attached hydrogens (tertiary/aromatic N) is 2. The van der Waals surface area contributed by atoms with Gasteiger partial charge in [-0.1, -0.05) is 6.07 Å². The van der Waals surface area contributed by atoms with Crippen LogP contribution in [0.3, 0.4) is 0 Å². The van der Waals surface area contributed by atoms with Gasteiger partial charge in [0.2, 0.25) is 0 Å². The number of amides is 1. The number of phenolic OH excluding ortho intramolecular Hbond substituents is 1. The highest BCUT2D eigenvalue weighted by Crippen LogP contribution is 2.35. The first-order valence-corrected chi connectivity index (χ1v) is 12.2. The normalized spacial score (nSPS) is 18.5. The Labute approximate surface area is 211 Å². The van der Waals surface area contributed by atoms with Gasteiger partial charge in [-0.25, -0.2) is 9.18 Å². The molecule has 1 saturated heterocycles. The number of benzene rings is 2. The molecule has 2 atom stereocenters. The van der Waals surface area contributed by atoms with Crippen molar-refractivity contribution in [3.8, 4) is 17.6 Å². The highest BCUT2D eigenvalue weighted by molar-refractivity contribution is 5.92. The number of carbonyl (C=O) groups is 1. The Bertz CT molecular complexity index is 1090. The molecule has 0 aliphatic carbocycles. The number of likely N-dealkylation sites (tertiary alicyclic amines) is 1. The van der Waals surface area contributed by atoms with Gasteiger partial charge in [0.25, 0.3) is 0 Å². The number of fused-ring (bicyclic) bond motifs is 1. The predicted molar refractivity (Wildman–Crippen MR) is 132 cm³/mol. The van der Waals surface area contributed by atoms with Crippen molar-refractivity contribution in [1.82, 2.24) is 4.90 Å². The lowest BCUT2D eigenvalue weighted by atomic mass is 9.99. The number of hydrogen-bond donors (Lipinski definition) is 1. The van der Waals surface area contributed by atoms with Gasteiger partial charge in [-0.05, 0) is 69.5 Å². The van der Waals surface area contributed by atoms with Crippen LogP contribution < -0.4 is 4.74 Å². The quantitative estimate of drug-likeness (QED) is 0.393. The van der Waals surface area contributed by atoms with Gasteiger partial charge < -0.3 is 29.0 Å². The first kappa shape index (κ1) is 27.5. The second kappa shape index (κ2) is 12.2. The van der Waals surface area contributed by atoms with E-state index in [0.29, 0.717) is 67.5 Å². The lowest BCUT2D eigenvalue weighted by molar-refractivity contribution is -0.0000237. The molecule has 0 saturated carbocycles. The smallest absolute Gasteiger partial charge is 0.410 e. The molecule has 8 nitrogen and oxygen atoms in total. The fourth-order valence-electron chi connectivity index (χ4n) is 4.31. The molecule has 9 heteroatoms. The summed E-state index contributed by atoms with van der Waals surface area (Å²) < 4.78 is 36.6. The maximum Gasteiger partial charge on any atom is 0.410 e. The molecule has 36 heavy (non-hydrogen) atoms. The van der Waals surface area contributed by atoms with Crippen LogP contribution in [-0.4, -0.2) is 61.4 Å². The molecule has 2 aromatic carbocycles. The third-order valence-electron chi connectivity index (χ3n) is 5.94. The topological polar surface area (TPSA) is 101 Å². The standard InChI is InChI=1S/C27H35FN2O6/c1-27(2,3)36-26(32)30-10-9-18(15-29)12-21(16-30)34-11-5-6-22-23(28)8-7-19-13-20(35-17-33-4)14-24(31)25(19)22/h7-8,13-14,18,21,31H,5-6,9-12,16-17H2,1-4H3. The Hall–Kier alpha value is -3.09. The first-order chi connectivity index (χ1) is 17.1. The predicted octanol–water partition coefficient (Wildman–Crippen LogP) is 5.16. The SMILES string of the molecule is COCOc1cc(O)c2c(CCCOC3CC(C#N)CCN(C(=O)OC(C)(C)C)C3)c(F)ccc2c1. The van der Waals surface area contributed by atoms with Gasteiger partial charge in [-0.15, -0.1) is 0 Å². The molecular weight excluding hydrogens is 467 g/mol. The monoisotopic (exact) mass is 502 g/mol. The van der Waals surface area contributed by atoms with E-state index in [2.05, 4.69) is 6.07 Å². The van der Waals surface area contributed by atoms with Gasteiger partial charge in [0.05, 0.1) is 24.6 Å². The molecule has 1 heterocycles. The van der Waals surface area contributed by atoms with Crippen LogP contribution in [0, 0.1) is 23.1 Å². The maximum absolute atomic E-state index is 14.7. The Morgan fingerprint density at radius 3 is 2.78 bits per heavy atom. The van der Waals surface area contributed by atoms with Crippen LogP contribution >= 0.6 is 0 Å². The van der Waals surface area contributed by atoms with Crippen LogP contribution in [0.1, 0.15) is 45.6 Å². The average molecular weight is 503 g/mol. The van der Waals surface area contributed by atoms with E-state index in [0.717, 1.165) is 0 Å². The van der Waals surface area contributed by atoms with E-state index < -0.39 is 17.5 Å². The van der Waals surface area contributed by atoms with Crippen LogP contribution in [-0.2, 0) is 20.6 Å². The van der Waals surface area contributed by atoms with Gasteiger partial charge in [0, 0.05) is 31.7 Å². The van der Waals surface area contributed by atoms with Crippen molar-refractivity contribution in [2.24, 2.45) is 5.92 Å². The number of hydrogen-bond acceptors (Lipinski definition) is 7. The number of aryl methyl sites for hydroxylation is 1. The summed E-state index contributed by atoms with van der Waals surface area (Å²) in [6.45, 7) is 6.56. The van der Waals surface area contributed by atoms with E-state index in [1.165, 1.54) is 19.2 Å². The number of methoxy groups -OCH3 is 1. The highest BCUT2D eigenvalue weighted by Gasteiger charge is 2.30. The van der Waals surface area contributed by atoms with E-state index in [1.54, 1.807) is 17.0 Å². The molecule has 0 spiro atoms. The third-order valence-corrected chi connectivity index (χ3v) is 5.94. The van der Waals surface area contributed by atoms with Crippen molar-refractivity contribution < 1.29 is 33.2 Å². The molecule has 0 aromatic heterocycles. The van der Waals surface area contributed by atoms with Crippen LogP contribution in [0.5, 0.6) is 11.5 Å². The molecule has 2 unspecified atom stereocenters. The number of rotatable bonds is 8. The zero-order valence-electron chi connectivity index (χ0n) is 21.4. The molecule has 1 fully saturated rings. The molecule has 1 aliphatic rings. The van der Waals surface area contributed by atoms with Gasteiger partial charge in [-0.3, -0.25) is 0 Å². The highest BCUT2D eigenvalue weighted by atomic mass is 19.1. The number of aromatic hydroxyl groups is 1. The summed E-state index contributed by atoms with van der Waals surface area (Å²) in [7, 11) is 1.50. The van der Waals surface area contributed by atoms with E-state index in [4.69, 9.17) is 18.9 Å². The van der Waals surface area contributed by atoms with Crippen molar-refractivity contribution >= 4 is 16.9 Å². The largest absolute Gasteiger partial charge is 0.507 e. The second-order valence-electron chi connectivity index (χ2n) is 9.99. The van der Waals surface area contributed by atoms with Crippen LogP contribution in [0.4, 0.5) is 9.18 Å². The molecule has 196 valence electrons. The minimum absolute atomic E-state index is 0.0372. The van der Waals surface area contributed by atoms with E-state index >= 15 is 0 Å². The van der Waals surface area contributed by atoms with E-state index in [9.17, 15) is 19.6 Å². The molecule has 1 aliphatic heterocycles. The Balaban J connectivity index is 1.65. The first-order valence-electron chi connectivity index (χ1n) is 12.2. The van der Waals surface area contributed by atoms with Crippen molar-refractivity contribution in [3.63, 3.8) is 0 Å². The van der Waals surface area contributed by atoms with Gasteiger partial charge in [0.1, 0.15) is 22.9 Å². The van der Waals surface area contributed by atoms with Crippen molar-refractivity contribution in [2.75, 3.05) is 33.6 Å². The number of nitriles is 1. The number of ether oxygens (including phenoxy) is 4. The fraction of sp³-hybridized carbons (Fsp3) is 0.556. The number of carbonyl (C=O) groups excluding carboxylic acids is 1.